The lowest BCUT2D eigenvalue weighted by atomic mass is 10.00. The molecule has 16 heteroatoms. The zero-order valence-electron chi connectivity index (χ0n) is 33.8. The van der Waals surface area contributed by atoms with Crippen molar-refractivity contribution in [1.29, 1.82) is 0 Å². The van der Waals surface area contributed by atoms with Crippen LogP contribution in [0.4, 0.5) is 17.6 Å². The number of halogens is 4. The minimum Gasteiger partial charge on any atom is -0.491 e. The number of hydrogen-bond donors (Lipinski definition) is 2. The minimum atomic E-state index is -0.847. The number of nitrogens with one attached hydrogen (secondary N) is 2. The number of fused-ring (bicyclic) bond motifs is 2. The Morgan fingerprint density at radius 3 is 1.29 bits per heavy atom. The van der Waals surface area contributed by atoms with Gasteiger partial charge in [-0.2, -0.15) is 27.0 Å². The Labute approximate surface area is 368 Å². The number of likely N-dealkylation sites (tertiary alicyclic amines) is 2. The number of carbonyl (C=O) groups is 2. The molecule has 7 aromatic rings. The van der Waals surface area contributed by atoms with Gasteiger partial charge >= 0.3 is 0 Å². The lowest BCUT2D eigenvalue weighted by molar-refractivity contribution is -0.132. The van der Waals surface area contributed by atoms with Crippen LogP contribution >= 0.6 is 27.0 Å². The molecule has 2 amide bonds. The van der Waals surface area contributed by atoms with Crippen LogP contribution in [0.3, 0.4) is 0 Å². The topological polar surface area (TPSA) is 116 Å². The van der Waals surface area contributed by atoms with Crippen LogP contribution in [0.15, 0.2) is 84.9 Å². The third-order valence-corrected chi connectivity index (χ3v) is 11.6. The largest absolute Gasteiger partial charge is 0.491 e. The Morgan fingerprint density at radius 1 is 0.581 bits per heavy atom. The van der Waals surface area contributed by atoms with Gasteiger partial charge in [-0.05, 0) is 108 Å². The van der Waals surface area contributed by atoms with E-state index >= 15 is 0 Å². The number of rotatable bonds is 10. The quantitative estimate of drug-likeness (QED) is 0.132. The molecule has 2 aliphatic rings. The highest BCUT2D eigenvalue weighted by Crippen LogP contribution is 2.36. The first-order valence-electron chi connectivity index (χ1n) is 19.8. The second-order valence-electron chi connectivity index (χ2n) is 15.3. The summed E-state index contributed by atoms with van der Waals surface area (Å²) in [5, 5.41) is 0. The summed E-state index contributed by atoms with van der Waals surface area (Å²) >= 11 is 0. The highest BCUT2D eigenvalue weighted by atomic mass is 32.1. The number of benzene rings is 5. The summed E-state index contributed by atoms with van der Waals surface area (Å²) in [4.78, 5) is 46.7. The van der Waals surface area contributed by atoms with Crippen molar-refractivity contribution in [2.75, 3.05) is 27.3 Å². The predicted molar refractivity (Wildman–Crippen MR) is 238 cm³/mol. The lowest BCUT2D eigenvalue weighted by Gasteiger charge is -2.23. The fraction of sp³-hybridized carbons (Fsp3) is 0.261. The van der Waals surface area contributed by atoms with E-state index in [1.165, 1.54) is 14.2 Å². The van der Waals surface area contributed by atoms with Gasteiger partial charge in [-0.15, -0.1) is 0 Å². The van der Waals surface area contributed by atoms with Gasteiger partial charge in [0.2, 0.25) is 11.8 Å². The maximum atomic E-state index is 14.3. The number of aromatic amines is 2. The fourth-order valence-corrected chi connectivity index (χ4v) is 8.66. The van der Waals surface area contributed by atoms with Crippen molar-refractivity contribution in [2.45, 2.75) is 50.6 Å². The summed E-state index contributed by atoms with van der Waals surface area (Å²) in [6, 6.07) is 24.2. The maximum Gasteiger partial charge on any atom is 0.227 e. The average molecular weight is 885 g/mol. The standard InChI is InChI=1S/C46H40F4N6O4.2H2S/c1-59-43-31(47)17-25(18-32(43)48)21-41(57)55-15-3-5-39(55)45-51-35-13-11-29(23-37(35)53-45)27-7-9-28(10-8-27)30-12-14-36-38(24-30)54-46(52-36)40-6-4-16-56(40)42(58)22-26-19-33(49)44(60-2)34(50)20-26;;/h7-14,17-20,23-24,39-40H,3-6,15-16,21-22H2,1-2H3,(H,51,53)(H,52,54);2*1H2/t39-,40-;;/m0../s1. The zero-order chi connectivity index (χ0) is 41.7. The van der Waals surface area contributed by atoms with Crippen molar-refractivity contribution >= 4 is 60.9 Å². The van der Waals surface area contributed by atoms with E-state index in [1.54, 1.807) is 9.80 Å². The number of methoxy groups -OCH3 is 2. The molecule has 9 rings (SSSR count). The monoisotopic (exact) mass is 884 g/mol. The first kappa shape index (κ1) is 44.1. The first-order valence-corrected chi connectivity index (χ1v) is 19.8. The van der Waals surface area contributed by atoms with E-state index in [4.69, 9.17) is 19.4 Å². The summed E-state index contributed by atoms with van der Waals surface area (Å²) in [5.41, 5.74) is 7.65. The Morgan fingerprint density at radius 2 is 0.935 bits per heavy atom. The molecule has 62 heavy (non-hydrogen) atoms. The van der Waals surface area contributed by atoms with E-state index in [-0.39, 0.29) is 74.9 Å². The molecule has 322 valence electrons. The molecule has 2 fully saturated rings. The molecule has 0 aliphatic carbocycles. The number of amides is 2. The summed E-state index contributed by atoms with van der Waals surface area (Å²) in [6.45, 7) is 1.04. The predicted octanol–water partition coefficient (Wildman–Crippen LogP) is 9.38. The lowest BCUT2D eigenvalue weighted by Crippen LogP contribution is -2.32. The second kappa shape index (κ2) is 18.2. The van der Waals surface area contributed by atoms with Crippen LogP contribution in [0.25, 0.3) is 44.3 Å². The summed E-state index contributed by atoms with van der Waals surface area (Å²) in [7, 11) is 2.39. The number of ether oxygens (including phenoxy) is 2. The zero-order valence-corrected chi connectivity index (χ0v) is 35.8. The number of aromatic nitrogens is 4. The number of imidazole rings is 2. The number of carbonyl (C=O) groups excluding carboxylic acids is 2. The molecule has 2 saturated heterocycles. The fourth-order valence-electron chi connectivity index (χ4n) is 8.66. The van der Waals surface area contributed by atoms with Crippen molar-refractivity contribution in [3.8, 4) is 33.8 Å². The van der Waals surface area contributed by atoms with Crippen LogP contribution in [0.2, 0.25) is 0 Å². The van der Waals surface area contributed by atoms with Gasteiger partial charge in [0, 0.05) is 13.1 Å². The third-order valence-electron chi connectivity index (χ3n) is 11.6. The normalized spacial score (nSPS) is 16.1. The molecule has 0 bridgehead atoms. The van der Waals surface area contributed by atoms with Gasteiger partial charge < -0.3 is 29.2 Å². The third kappa shape index (κ3) is 8.45. The van der Waals surface area contributed by atoms with E-state index in [2.05, 4.69) is 34.2 Å². The molecule has 4 heterocycles. The smallest absolute Gasteiger partial charge is 0.227 e. The van der Waals surface area contributed by atoms with Crippen molar-refractivity contribution in [3.05, 3.63) is 131 Å². The van der Waals surface area contributed by atoms with Crippen LogP contribution in [0, 0.1) is 23.3 Å². The first-order chi connectivity index (χ1) is 29.1. The van der Waals surface area contributed by atoms with Crippen LogP contribution in [-0.2, 0) is 22.4 Å². The van der Waals surface area contributed by atoms with Gasteiger partial charge in [-0.3, -0.25) is 9.59 Å². The van der Waals surface area contributed by atoms with Crippen LogP contribution in [0.1, 0.15) is 60.5 Å². The van der Waals surface area contributed by atoms with Crippen molar-refractivity contribution < 1.29 is 36.6 Å². The van der Waals surface area contributed by atoms with E-state index in [1.807, 2.05) is 36.4 Å². The molecular formula is C46H44F4N6O4S2. The molecule has 2 N–H and O–H groups in total. The van der Waals surface area contributed by atoms with Crippen molar-refractivity contribution in [3.63, 3.8) is 0 Å². The summed E-state index contributed by atoms with van der Waals surface area (Å²) in [5.74, 6) is -3.46. The van der Waals surface area contributed by atoms with E-state index < -0.39 is 34.8 Å². The Bertz CT molecular complexity index is 2560. The molecular weight excluding hydrogens is 841 g/mol. The highest BCUT2D eigenvalue weighted by Gasteiger charge is 2.34. The van der Waals surface area contributed by atoms with Crippen LogP contribution in [-0.4, -0.2) is 68.9 Å². The van der Waals surface area contributed by atoms with Crippen molar-refractivity contribution in [2.24, 2.45) is 0 Å². The minimum absolute atomic E-state index is 0. The maximum absolute atomic E-state index is 14.3. The Hall–Kier alpha value is -6.00. The van der Waals surface area contributed by atoms with Gasteiger partial charge in [0.25, 0.3) is 0 Å². The Balaban J connectivity index is 0.00000289. The highest BCUT2D eigenvalue weighted by molar-refractivity contribution is 7.59. The van der Waals surface area contributed by atoms with Gasteiger partial charge in [0.05, 0.1) is 61.2 Å². The molecule has 2 atom stereocenters. The molecule has 2 aromatic heterocycles. The van der Waals surface area contributed by atoms with E-state index in [0.29, 0.717) is 37.6 Å². The van der Waals surface area contributed by atoms with Crippen molar-refractivity contribution in [1.82, 2.24) is 29.7 Å². The molecule has 0 unspecified atom stereocenters. The molecule has 0 spiro atoms. The van der Waals surface area contributed by atoms with Crippen LogP contribution < -0.4 is 9.47 Å². The molecule has 0 radical (unpaired) electrons. The molecule has 2 aliphatic heterocycles. The molecule has 10 nitrogen and oxygen atoms in total. The Kier molecular flexibility index (Phi) is 12.9. The van der Waals surface area contributed by atoms with Crippen LogP contribution in [0.5, 0.6) is 11.5 Å². The number of nitrogens with zero attached hydrogens (tertiary/aromatic N) is 4. The van der Waals surface area contributed by atoms with Gasteiger partial charge in [-0.25, -0.2) is 27.5 Å². The number of hydrogen-bond acceptors (Lipinski definition) is 6. The van der Waals surface area contributed by atoms with Gasteiger partial charge in [0.15, 0.2) is 34.8 Å². The molecule has 0 saturated carbocycles. The van der Waals surface area contributed by atoms with E-state index in [9.17, 15) is 27.2 Å². The molecule has 5 aromatic carbocycles. The van der Waals surface area contributed by atoms with E-state index in [0.717, 1.165) is 81.4 Å². The van der Waals surface area contributed by atoms with Gasteiger partial charge in [0.1, 0.15) is 11.6 Å². The summed E-state index contributed by atoms with van der Waals surface area (Å²) < 4.78 is 66.8. The SMILES string of the molecule is COc1c(F)cc(CC(=O)N2CCC[C@H]2c2nc3ccc(-c4ccc(-c5ccc6nc([C@@H]7CCCN7C(=O)Cc7cc(F)c(OC)c(F)c7)[nH]c6c5)cc4)cc3[nH]2)cc1F.S.S. The van der Waals surface area contributed by atoms with Gasteiger partial charge in [-0.1, -0.05) is 36.4 Å². The number of H-pyrrole nitrogens is 2. The second-order valence-corrected chi connectivity index (χ2v) is 15.3. The summed E-state index contributed by atoms with van der Waals surface area (Å²) in [6.07, 6.45) is 2.71. The average Bonchev–Trinajstić information content (AvgIpc) is 4.06.